The quantitative estimate of drug-likeness (QED) is 0.665. The van der Waals surface area contributed by atoms with E-state index in [0.717, 1.165) is 21.6 Å². The normalized spacial score (nSPS) is 16.8. The minimum absolute atomic E-state index is 0.0370. The molecule has 4 rings (SSSR count). The number of pyridine rings is 1. The maximum atomic E-state index is 12.9. The van der Waals surface area contributed by atoms with Crippen molar-refractivity contribution in [3.8, 4) is 0 Å². The van der Waals surface area contributed by atoms with Crippen molar-refractivity contribution < 1.29 is 14.3 Å². The van der Waals surface area contributed by atoms with Crippen molar-refractivity contribution in [3.63, 3.8) is 0 Å². The van der Waals surface area contributed by atoms with E-state index in [-0.39, 0.29) is 17.9 Å². The first-order valence-electron chi connectivity index (χ1n) is 9.85. The zero-order valence-corrected chi connectivity index (χ0v) is 18.0. The van der Waals surface area contributed by atoms with Gasteiger partial charge in [-0.15, -0.1) is 11.3 Å². The average molecular weight is 429 g/mol. The Hall–Kier alpha value is -2.85. The van der Waals surface area contributed by atoms with Gasteiger partial charge in [-0.1, -0.05) is 6.07 Å². The molecule has 1 unspecified atom stereocenters. The minimum atomic E-state index is -0.372. The van der Waals surface area contributed by atoms with Gasteiger partial charge >= 0.3 is 0 Å². The second-order valence-corrected chi connectivity index (χ2v) is 8.16. The number of aromatic nitrogens is 4. The van der Waals surface area contributed by atoms with E-state index in [0.29, 0.717) is 43.4 Å². The number of ether oxygens (including phenoxy) is 1. The summed E-state index contributed by atoms with van der Waals surface area (Å²) in [7, 11) is 1.61. The van der Waals surface area contributed by atoms with E-state index in [4.69, 9.17) is 4.74 Å². The molecule has 1 fully saturated rings. The van der Waals surface area contributed by atoms with Gasteiger partial charge in [-0.3, -0.25) is 9.59 Å². The number of nitrogens with one attached hydrogen (secondary N) is 1. The van der Waals surface area contributed by atoms with Crippen LogP contribution in [0.1, 0.15) is 39.4 Å². The Balaban J connectivity index is 1.53. The van der Waals surface area contributed by atoms with Crippen molar-refractivity contribution in [3.05, 3.63) is 40.4 Å². The van der Waals surface area contributed by atoms with Crippen LogP contribution in [-0.4, -0.2) is 63.2 Å². The van der Waals surface area contributed by atoms with Crippen molar-refractivity contribution in [2.75, 3.05) is 26.7 Å². The highest BCUT2D eigenvalue weighted by atomic mass is 32.1. The molecule has 0 radical (unpaired) electrons. The molecule has 0 aliphatic carbocycles. The summed E-state index contributed by atoms with van der Waals surface area (Å²) < 4.78 is 7.77. The number of hydrogen-bond donors (Lipinski definition) is 1. The number of thiophene rings is 1. The smallest absolute Gasteiger partial charge is 0.261 e. The van der Waals surface area contributed by atoms with Crippen LogP contribution in [0.2, 0.25) is 0 Å². The molecule has 0 spiro atoms. The highest BCUT2D eigenvalue weighted by Crippen LogP contribution is 2.37. The van der Waals surface area contributed by atoms with Gasteiger partial charge in [0.25, 0.3) is 5.91 Å². The summed E-state index contributed by atoms with van der Waals surface area (Å²) in [5.41, 5.74) is 0.808. The van der Waals surface area contributed by atoms with Crippen LogP contribution in [0.25, 0.3) is 10.2 Å². The SMILES string of the molecule is CNC(=O)c1sc2ncccc2c1C1CN(C(=O)CCn2nc(C)nc2C)CCO1. The molecule has 9 nitrogen and oxygen atoms in total. The first-order chi connectivity index (χ1) is 14.5. The van der Waals surface area contributed by atoms with Gasteiger partial charge < -0.3 is 15.0 Å². The maximum Gasteiger partial charge on any atom is 0.261 e. The molecule has 4 heterocycles. The summed E-state index contributed by atoms with van der Waals surface area (Å²) in [6.07, 6.45) is 1.68. The molecule has 1 atom stereocenters. The lowest BCUT2D eigenvalue weighted by Crippen LogP contribution is -2.42. The third-order valence-electron chi connectivity index (χ3n) is 5.18. The molecule has 1 aliphatic heterocycles. The van der Waals surface area contributed by atoms with Crippen LogP contribution < -0.4 is 5.32 Å². The van der Waals surface area contributed by atoms with Gasteiger partial charge in [-0.25, -0.2) is 14.6 Å². The van der Waals surface area contributed by atoms with Crippen LogP contribution >= 0.6 is 11.3 Å². The Bertz CT molecular complexity index is 1090. The number of carbonyl (C=O) groups excluding carboxylic acids is 2. The fourth-order valence-corrected chi connectivity index (χ4v) is 4.88. The predicted molar refractivity (Wildman–Crippen MR) is 112 cm³/mol. The largest absolute Gasteiger partial charge is 0.370 e. The van der Waals surface area contributed by atoms with E-state index in [1.54, 1.807) is 22.8 Å². The number of amides is 2. The molecule has 2 amide bonds. The van der Waals surface area contributed by atoms with Gasteiger partial charge in [0.2, 0.25) is 5.91 Å². The van der Waals surface area contributed by atoms with Crippen molar-refractivity contribution in [1.82, 2.24) is 30.0 Å². The lowest BCUT2D eigenvalue weighted by molar-refractivity contribution is -0.139. The van der Waals surface area contributed by atoms with Crippen LogP contribution in [0.4, 0.5) is 0 Å². The Labute approximate surface area is 178 Å². The molecule has 10 heteroatoms. The van der Waals surface area contributed by atoms with Crippen molar-refractivity contribution in [1.29, 1.82) is 0 Å². The lowest BCUT2D eigenvalue weighted by atomic mass is 10.0. The van der Waals surface area contributed by atoms with Gasteiger partial charge in [0.15, 0.2) is 0 Å². The number of morpholine rings is 1. The zero-order valence-electron chi connectivity index (χ0n) is 17.2. The molecular formula is C20H24N6O3S. The molecular weight excluding hydrogens is 404 g/mol. The van der Waals surface area contributed by atoms with Gasteiger partial charge in [-0.05, 0) is 19.9 Å². The van der Waals surface area contributed by atoms with Crippen molar-refractivity contribution in [2.24, 2.45) is 0 Å². The first kappa shape index (κ1) is 20.4. The summed E-state index contributed by atoms with van der Waals surface area (Å²) in [4.78, 5) is 37.2. The molecule has 0 bridgehead atoms. The van der Waals surface area contributed by atoms with Crippen LogP contribution in [0.3, 0.4) is 0 Å². The molecule has 30 heavy (non-hydrogen) atoms. The molecule has 0 saturated carbocycles. The Morgan fingerprint density at radius 2 is 2.20 bits per heavy atom. The van der Waals surface area contributed by atoms with Crippen molar-refractivity contribution in [2.45, 2.75) is 32.9 Å². The number of carbonyl (C=O) groups is 2. The van der Waals surface area contributed by atoms with Crippen LogP contribution in [0.5, 0.6) is 0 Å². The summed E-state index contributed by atoms with van der Waals surface area (Å²) in [6.45, 7) is 5.55. The summed E-state index contributed by atoms with van der Waals surface area (Å²) in [6, 6.07) is 3.79. The highest BCUT2D eigenvalue weighted by Gasteiger charge is 2.31. The third kappa shape index (κ3) is 3.92. The van der Waals surface area contributed by atoms with E-state index in [1.165, 1.54) is 11.3 Å². The fraction of sp³-hybridized carbons (Fsp3) is 0.450. The maximum absolute atomic E-state index is 12.9. The number of fused-ring (bicyclic) bond motifs is 1. The van der Waals surface area contributed by atoms with Crippen molar-refractivity contribution >= 4 is 33.4 Å². The third-order valence-corrected chi connectivity index (χ3v) is 6.31. The van der Waals surface area contributed by atoms with Crippen LogP contribution in [0.15, 0.2) is 18.3 Å². The van der Waals surface area contributed by atoms with E-state index in [9.17, 15) is 9.59 Å². The number of nitrogens with zero attached hydrogens (tertiary/aromatic N) is 5. The molecule has 158 valence electrons. The molecule has 1 saturated heterocycles. The van der Waals surface area contributed by atoms with Gasteiger partial charge in [0.05, 0.1) is 19.7 Å². The van der Waals surface area contributed by atoms with Gasteiger partial charge in [0, 0.05) is 37.2 Å². The standard InChI is InChI=1S/C20H24N6O3S/c1-12-23-13(2)26(24-12)8-6-16(27)25-9-10-29-15(11-25)17-14-5-4-7-22-20(14)30-18(17)19(28)21-3/h4-5,7,15H,6,8-11H2,1-3H3,(H,21,28). The second kappa shape index (κ2) is 8.49. The van der Waals surface area contributed by atoms with E-state index in [2.05, 4.69) is 20.4 Å². The second-order valence-electron chi connectivity index (χ2n) is 7.16. The monoisotopic (exact) mass is 428 g/mol. The van der Waals surface area contributed by atoms with E-state index >= 15 is 0 Å². The van der Waals surface area contributed by atoms with Crippen LogP contribution in [0, 0.1) is 13.8 Å². The number of rotatable bonds is 5. The minimum Gasteiger partial charge on any atom is -0.370 e. The van der Waals surface area contributed by atoms with Gasteiger partial charge in [-0.2, -0.15) is 5.10 Å². The van der Waals surface area contributed by atoms with Crippen LogP contribution in [-0.2, 0) is 16.1 Å². The summed E-state index contributed by atoms with van der Waals surface area (Å²) in [5, 5.41) is 7.91. The lowest BCUT2D eigenvalue weighted by Gasteiger charge is -2.33. The zero-order chi connectivity index (χ0) is 21.3. The van der Waals surface area contributed by atoms with E-state index < -0.39 is 0 Å². The topological polar surface area (TPSA) is 102 Å². The highest BCUT2D eigenvalue weighted by molar-refractivity contribution is 7.20. The van der Waals surface area contributed by atoms with E-state index in [1.807, 2.05) is 26.0 Å². The number of aryl methyl sites for hydroxylation is 3. The molecule has 3 aromatic rings. The fourth-order valence-electron chi connectivity index (χ4n) is 3.74. The average Bonchev–Trinajstić information content (AvgIpc) is 3.30. The molecule has 1 aliphatic rings. The first-order valence-corrected chi connectivity index (χ1v) is 10.7. The number of hydrogen-bond acceptors (Lipinski definition) is 7. The molecule has 3 aromatic heterocycles. The molecule has 0 aromatic carbocycles. The Kier molecular flexibility index (Phi) is 5.78. The van der Waals surface area contributed by atoms with Gasteiger partial charge in [0.1, 0.15) is 27.5 Å². The Morgan fingerprint density at radius 3 is 2.93 bits per heavy atom. The molecule has 1 N–H and O–H groups in total. The Morgan fingerprint density at radius 1 is 1.37 bits per heavy atom. The summed E-state index contributed by atoms with van der Waals surface area (Å²) in [5.74, 6) is 1.37. The predicted octanol–water partition coefficient (Wildman–Crippen LogP) is 1.85. The summed E-state index contributed by atoms with van der Waals surface area (Å²) >= 11 is 1.35.